The number of hydrogen-bond acceptors (Lipinski definition) is 6. The molecule has 2 heterocycles. The van der Waals surface area contributed by atoms with E-state index < -0.39 is 27.1 Å². The molecule has 0 aromatic heterocycles. The third kappa shape index (κ3) is 5.40. The summed E-state index contributed by atoms with van der Waals surface area (Å²) in [5, 5.41) is 2.27. The van der Waals surface area contributed by atoms with Gasteiger partial charge in [-0.15, -0.1) is 0 Å². The number of imide groups is 1. The first-order chi connectivity index (χ1) is 16.4. The van der Waals surface area contributed by atoms with Crippen molar-refractivity contribution in [3.63, 3.8) is 0 Å². The lowest BCUT2D eigenvalue weighted by Gasteiger charge is -2.26. The van der Waals surface area contributed by atoms with Crippen molar-refractivity contribution in [2.24, 2.45) is 0 Å². The van der Waals surface area contributed by atoms with Gasteiger partial charge in [0.05, 0.1) is 9.80 Å². The lowest BCUT2D eigenvalue weighted by atomic mass is 10.2. The fourth-order valence-corrected chi connectivity index (χ4v) is 6.26. The van der Waals surface area contributed by atoms with Crippen molar-refractivity contribution in [3.05, 3.63) is 70.6 Å². The van der Waals surface area contributed by atoms with Gasteiger partial charge in [0, 0.05) is 31.7 Å². The second kappa shape index (κ2) is 10.5. The zero-order valence-electron chi connectivity index (χ0n) is 18.5. The van der Waals surface area contributed by atoms with Crippen LogP contribution in [0.4, 0.5) is 4.79 Å². The second-order valence-electron chi connectivity index (χ2n) is 7.99. The summed E-state index contributed by atoms with van der Waals surface area (Å²) in [5.41, 5.74) is 1.02. The van der Waals surface area contributed by atoms with Crippen LogP contribution in [-0.4, -0.2) is 60.9 Å². The normalized spacial score (nSPS) is 18.5. The number of nitrogens with zero attached hydrogens (tertiary/aromatic N) is 2. The quantitative estimate of drug-likeness (QED) is 0.586. The molecule has 8 nitrogen and oxygen atoms in total. The van der Waals surface area contributed by atoms with E-state index in [2.05, 4.69) is 5.32 Å². The first-order valence-electron chi connectivity index (χ1n) is 11.0. The van der Waals surface area contributed by atoms with Crippen molar-refractivity contribution >= 4 is 44.9 Å². The molecular formula is C24H25N3O5S2. The van der Waals surface area contributed by atoms with E-state index in [0.29, 0.717) is 18.0 Å². The summed E-state index contributed by atoms with van der Waals surface area (Å²) in [6, 6.07) is 15.2. The molecule has 0 saturated carbocycles. The molecule has 2 aromatic rings. The highest BCUT2D eigenvalue weighted by atomic mass is 32.2. The number of benzene rings is 2. The maximum Gasteiger partial charge on any atom is 0.293 e. The van der Waals surface area contributed by atoms with E-state index in [9.17, 15) is 22.8 Å². The molecule has 2 fully saturated rings. The minimum atomic E-state index is -3.65. The monoisotopic (exact) mass is 499 g/mol. The van der Waals surface area contributed by atoms with Gasteiger partial charge in [-0.3, -0.25) is 19.3 Å². The number of carbonyl (C=O) groups excluding carboxylic acids is 3. The first-order valence-corrected chi connectivity index (χ1v) is 13.3. The van der Waals surface area contributed by atoms with Crippen molar-refractivity contribution in [2.45, 2.75) is 24.2 Å². The number of hydrogen-bond donors (Lipinski definition) is 1. The number of thioether (sulfide) groups is 1. The topological polar surface area (TPSA) is 104 Å². The van der Waals surface area contributed by atoms with Crippen LogP contribution >= 0.6 is 11.8 Å². The molecule has 0 spiro atoms. The molecule has 0 aliphatic carbocycles. The summed E-state index contributed by atoms with van der Waals surface area (Å²) in [5.74, 6) is -0.870. The molecule has 2 aliphatic heterocycles. The maximum absolute atomic E-state index is 12.9. The molecule has 10 heteroatoms. The molecule has 4 rings (SSSR count). The van der Waals surface area contributed by atoms with E-state index in [1.54, 1.807) is 6.08 Å². The summed E-state index contributed by atoms with van der Waals surface area (Å²) in [6.07, 6.45) is 4.33. The standard InChI is InChI=1S/C24H25N3O5S2/c28-22(19-10-7-11-20(17-19)34(31,32)26-13-5-2-6-14-26)25-12-15-27-23(29)21(33-24(27)30)16-18-8-3-1-4-9-18/h1,3-4,7-11,16-17H,2,5-6,12-15H2,(H,25,28). The Kier molecular flexibility index (Phi) is 7.50. The van der Waals surface area contributed by atoms with Crippen LogP contribution in [0, 0.1) is 0 Å². The predicted octanol–water partition coefficient (Wildman–Crippen LogP) is 3.33. The molecule has 34 heavy (non-hydrogen) atoms. The van der Waals surface area contributed by atoms with E-state index in [-0.39, 0.29) is 23.5 Å². The van der Waals surface area contributed by atoms with Gasteiger partial charge in [0.2, 0.25) is 10.0 Å². The van der Waals surface area contributed by atoms with Crippen molar-refractivity contribution in [2.75, 3.05) is 26.2 Å². The molecule has 178 valence electrons. The van der Waals surface area contributed by atoms with Crippen LogP contribution in [0.5, 0.6) is 0 Å². The lowest BCUT2D eigenvalue weighted by Crippen LogP contribution is -2.37. The van der Waals surface area contributed by atoms with Gasteiger partial charge in [-0.25, -0.2) is 8.42 Å². The van der Waals surface area contributed by atoms with Crippen LogP contribution in [0.3, 0.4) is 0 Å². The van der Waals surface area contributed by atoms with Crippen LogP contribution in [0.2, 0.25) is 0 Å². The summed E-state index contributed by atoms with van der Waals surface area (Å²) in [4.78, 5) is 39.0. The van der Waals surface area contributed by atoms with Gasteiger partial charge in [-0.2, -0.15) is 4.31 Å². The summed E-state index contributed by atoms with van der Waals surface area (Å²) in [6.45, 7) is 1.04. The molecule has 2 aromatic carbocycles. The Balaban J connectivity index is 1.36. The molecule has 0 bridgehead atoms. The number of rotatable bonds is 7. The number of carbonyl (C=O) groups is 3. The van der Waals surface area contributed by atoms with E-state index in [4.69, 9.17) is 0 Å². The highest BCUT2D eigenvalue weighted by Gasteiger charge is 2.34. The molecule has 2 aliphatic rings. The summed E-state index contributed by atoms with van der Waals surface area (Å²) >= 11 is 0.864. The summed E-state index contributed by atoms with van der Waals surface area (Å²) < 4.78 is 27.2. The van der Waals surface area contributed by atoms with Crippen LogP contribution in [0.1, 0.15) is 35.2 Å². The van der Waals surface area contributed by atoms with Crippen molar-refractivity contribution in [1.82, 2.24) is 14.5 Å². The first kappa shape index (κ1) is 24.2. The van der Waals surface area contributed by atoms with Gasteiger partial charge in [0.25, 0.3) is 17.1 Å². The molecule has 0 unspecified atom stereocenters. The zero-order chi connectivity index (χ0) is 24.1. The molecular weight excluding hydrogens is 474 g/mol. The zero-order valence-corrected chi connectivity index (χ0v) is 20.1. The molecule has 3 amide bonds. The van der Waals surface area contributed by atoms with Gasteiger partial charge in [-0.05, 0) is 54.4 Å². The summed E-state index contributed by atoms with van der Waals surface area (Å²) in [7, 11) is -3.65. The number of nitrogens with one attached hydrogen (secondary N) is 1. The molecule has 0 radical (unpaired) electrons. The number of piperidine rings is 1. The second-order valence-corrected chi connectivity index (χ2v) is 10.9. The highest BCUT2D eigenvalue weighted by Crippen LogP contribution is 2.31. The number of amides is 3. The highest BCUT2D eigenvalue weighted by molar-refractivity contribution is 8.18. The molecule has 1 N–H and O–H groups in total. The van der Waals surface area contributed by atoms with Gasteiger partial charge in [0.15, 0.2) is 0 Å². The van der Waals surface area contributed by atoms with E-state index in [0.717, 1.165) is 41.5 Å². The minimum absolute atomic E-state index is 0.0221. The Morgan fingerprint density at radius 3 is 2.47 bits per heavy atom. The average Bonchev–Trinajstić information content (AvgIpc) is 3.12. The van der Waals surface area contributed by atoms with E-state index in [1.165, 1.54) is 28.6 Å². The van der Waals surface area contributed by atoms with Crippen LogP contribution < -0.4 is 5.32 Å². The van der Waals surface area contributed by atoms with Crippen LogP contribution in [-0.2, 0) is 14.8 Å². The fourth-order valence-electron chi connectivity index (χ4n) is 3.83. The number of sulfonamides is 1. The van der Waals surface area contributed by atoms with E-state index >= 15 is 0 Å². The Morgan fingerprint density at radius 1 is 1.00 bits per heavy atom. The Morgan fingerprint density at radius 2 is 1.74 bits per heavy atom. The third-order valence-electron chi connectivity index (χ3n) is 5.64. The van der Waals surface area contributed by atoms with Gasteiger partial charge in [-0.1, -0.05) is 42.8 Å². The SMILES string of the molecule is O=C(NCCN1C(=O)SC(=Cc2ccccc2)C1=O)c1cccc(S(=O)(=O)N2CCCCC2)c1. The average molecular weight is 500 g/mol. The predicted molar refractivity (Wildman–Crippen MR) is 131 cm³/mol. The van der Waals surface area contributed by atoms with Crippen molar-refractivity contribution in [1.29, 1.82) is 0 Å². The third-order valence-corrected chi connectivity index (χ3v) is 8.44. The Labute approximate surface area is 203 Å². The van der Waals surface area contributed by atoms with Crippen LogP contribution in [0.25, 0.3) is 6.08 Å². The van der Waals surface area contributed by atoms with Gasteiger partial charge in [0.1, 0.15) is 0 Å². The minimum Gasteiger partial charge on any atom is -0.350 e. The van der Waals surface area contributed by atoms with Crippen LogP contribution in [0.15, 0.2) is 64.4 Å². The molecule has 2 saturated heterocycles. The van der Waals surface area contributed by atoms with E-state index in [1.807, 2.05) is 30.3 Å². The van der Waals surface area contributed by atoms with Gasteiger partial charge >= 0.3 is 0 Å². The largest absolute Gasteiger partial charge is 0.350 e. The fraction of sp³-hybridized carbons (Fsp3) is 0.292. The maximum atomic E-state index is 12.9. The van der Waals surface area contributed by atoms with Crippen molar-refractivity contribution in [3.8, 4) is 0 Å². The lowest BCUT2D eigenvalue weighted by molar-refractivity contribution is -0.122. The Hall–Kier alpha value is -2.95. The van der Waals surface area contributed by atoms with Gasteiger partial charge < -0.3 is 5.32 Å². The Bertz CT molecular complexity index is 1220. The van der Waals surface area contributed by atoms with Crippen molar-refractivity contribution < 1.29 is 22.8 Å². The smallest absolute Gasteiger partial charge is 0.293 e. The molecule has 0 atom stereocenters.